The smallest absolute Gasteiger partial charge is 0.228 e. The Balaban J connectivity index is 1.80. The zero-order chi connectivity index (χ0) is 14.1. The predicted molar refractivity (Wildman–Crippen MR) is 81.7 cm³/mol. The van der Waals surface area contributed by atoms with Gasteiger partial charge in [-0.2, -0.15) is 0 Å². The Kier molecular flexibility index (Phi) is 3.36. The number of rotatable bonds is 3. The first-order chi connectivity index (χ1) is 9.63. The maximum absolute atomic E-state index is 11.3. The molecule has 1 aliphatic heterocycles. The number of carbonyl (C=O) groups excluding carboxylic acids is 1. The molecule has 0 aliphatic carbocycles. The standard InChI is InChI=1S/C15H13BrN2O2/c16-11-4-2-1-3-9(11)8-20-14-7-13-10(5-12(14)17)6-15(19)18-13/h1-5,7H,6,8,17H2,(H,18,19). The summed E-state index contributed by atoms with van der Waals surface area (Å²) in [5.41, 5.74) is 9.25. The van der Waals surface area contributed by atoms with Crippen LogP contribution in [0.1, 0.15) is 11.1 Å². The van der Waals surface area contributed by atoms with Crippen LogP contribution in [0.4, 0.5) is 11.4 Å². The number of fused-ring (bicyclic) bond motifs is 1. The third-order valence-electron chi connectivity index (χ3n) is 3.20. The topological polar surface area (TPSA) is 64.3 Å². The molecule has 20 heavy (non-hydrogen) atoms. The molecule has 0 radical (unpaired) electrons. The highest BCUT2D eigenvalue weighted by Gasteiger charge is 2.19. The number of carbonyl (C=O) groups is 1. The van der Waals surface area contributed by atoms with E-state index in [1.54, 1.807) is 12.1 Å². The average Bonchev–Trinajstić information content (AvgIpc) is 2.76. The molecule has 0 fully saturated rings. The number of hydrogen-bond acceptors (Lipinski definition) is 3. The Labute approximate surface area is 125 Å². The lowest BCUT2D eigenvalue weighted by Gasteiger charge is -2.11. The van der Waals surface area contributed by atoms with Gasteiger partial charge in [-0.1, -0.05) is 34.1 Å². The highest BCUT2D eigenvalue weighted by Crippen LogP contribution is 2.33. The van der Waals surface area contributed by atoms with Gasteiger partial charge in [-0.25, -0.2) is 0 Å². The second-order valence-corrected chi connectivity index (χ2v) is 5.51. The van der Waals surface area contributed by atoms with Crippen LogP contribution in [0.25, 0.3) is 0 Å². The van der Waals surface area contributed by atoms with Crippen LogP contribution in [-0.2, 0) is 17.8 Å². The summed E-state index contributed by atoms with van der Waals surface area (Å²) in [5.74, 6) is 0.573. The molecule has 102 valence electrons. The van der Waals surface area contributed by atoms with Crippen LogP contribution in [-0.4, -0.2) is 5.91 Å². The Morgan fingerprint density at radius 1 is 1.30 bits per heavy atom. The van der Waals surface area contributed by atoms with Gasteiger partial charge in [-0.3, -0.25) is 4.79 Å². The van der Waals surface area contributed by atoms with E-state index in [-0.39, 0.29) is 5.91 Å². The number of benzene rings is 2. The van der Waals surface area contributed by atoms with Crippen molar-refractivity contribution in [3.05, 3.63) is 52.0 Å². The molecule has 0 bridgehead atoms. The summed E-state index contributed by atoms with van der Waals surface area (Å²) in [7, 11) is 0. The van der Waals surface area contributed by atoms with Crippen molar-refractivity contribution >= 4 is 33.2 Å². The lowest BCUT2D eigenvalue weighted by Crippen LogP contribution is -2.03. The number of nitrogens with one attached hydrogen (secondary N) is 1. The molecule has 1 heterocycles. The van der Waals surface area contributed by atoms with Gasteiger partial charge in [0.25, 0.3) is 0 Å². The molecular weight excluding hydrogens is 320 g/mol. The zero-order valence-corrected chi connectivity index (χ0v) is 12.2. The lowest BCUT2D eigenvalue weighted by atomic mass is 10.1. The number of halogens is 1. The minimum absolute atomic E-state index is 0.0117. The van der Waals surface area contributed by atoms with Gasteiger partial charge >= 0.3 is 0 Å². The van der Waals surface area contributed by atoms with Gasteiger partial charge in [-0.05, 0) is 17.7 Å². The van der Waals surface area contributed by atoms with E-state index in [2.05, 4.69) is 21.2 Å². The number of amides is 1. The van der Waals surface area contributed by atoms with Crippen molar-refractivity contribution in [3.8, 4) is 5.75 Å². The first-order valence-electron chi connectivity index (χ1n) is 6.22. The normalized spacial score (nSPS) is 12.9. The van der Waals surface area contributed by atoms with E-state index in [1.807, 2.05) is 24.3 Å². The maximum Gasteiger partial charge on any atom is 0.228 e. The van der Waals surface area contributed by atoms with Gasteiger partial charge < -0.3 is 15.8 Å². The van der Waals surface area contributed by atoms with Crippen LogP contribution < -0.4 is 15.8 Å². The Morgan fingerprint density at radius 3 is 2.90 bits per heavy atom. The quantitative estimate of drug-likeness (QED) is 0.849. The van der Waals surface area contributed by atoms with Crippen molar-refractivity contribution in [2.24, 2.45) is 0 Å². The summed E-state index contributed by atoms with van der Waals surface area (Å²) in [6.45, 7) is 0.415. The minimum atomic E-state index is -0.0117. The molecule has 0 saturated carbocycles. The molecule has 1 amide bonds. The van der Waals surface area contributed by atoms with Crippen LogP contribution >= 0.6 is 15.9 Å². The molecule has 0 atom stereocenters. The Morgan fingerprint density at radius 2 is 2.10 bits per heavy atom. The molecule has 3 N–H and O–H groups in total. The Hall–Kier alpha value is -2.01. The number of hydrogen-bond donors (Lipinski definition) is 2. The van der Waals surface area contributed by atoms with Crippen molar-refractivity contribution in [3.63, 3.8) is 0 Å². The molecule has 4 nitrogen and oxygen atoms in total. The molecule has 0 saturated heterocycles. The second kappa shape index (κ2) is 5.17. The summed E-state index contributed by atoms with van der Waals surface area (Å²) in [5, 5.41) is 2.79. The van der Waals surface area contributed by atoms with Gasteiger partial charge in [0.1, 0.15) is 12.4 Å². The molecule has 2 aromatic rings. The summed E-state index contributed by atoms with van der Waals surface area (Å²) < 4.78 is 6.75. The van der Waals surface area contributed by atoms with Gasteiger partial charge in [0.2, 0.25) is 5.91 Å². The molecule has 0 unspecified atom stereocenters. The van der Waals surface area contributed by atoms with E-state index in [0.717, 1.165) is 21.3 Å². The predicted octanol–water partition coefficient (Wildman–Crippen LogP) is 3.10. The first kappa shape index (κ1) is 13.0. The summed E-state index contributed by atoms with van der Waals surface area (Å²) >= 11 is 3.48. The van der Waals surface area contributed by atoms with E-state index in [0.29, 0.717) is 24.5 Å². The zero-order valence-electron chi connectivity index (χ0n) is 10.7. The third kappa shape index (κ3) is 2.49. The first-order valence-corrected chi connectivity index (χ1v) is 7.01. The highest BCUT2D eigenvalue weighted by atomic mass is 79.9. The van der Waals surface area contributed by atoms with Gasteiger partial charge in [0, 0.05) is 21.8 Å². The fourth-order valence-corrected chi connectivity index (χ4v) is 2.57. The number of anilines is 2. The van der Waals surface area contributed by atoms with Crippen molar-refractivity contribution < 1.29 is 9.53 Å². The van der Waals surface area contributed by atoms with Crippen molar-refractivity contribution in [1.82, 2.24) is 0 Å². The number of nitrogen functional groups attached to an aromatic ring is 1. The van der Waals surface area contributed by atoms with Gasteiger partial charge in [0.15, 0.2) is 0 Å². The summed E-state index contributed by atoms with van der Waals surface area (Å²) in [4.78, 5) is 11.3. The van der Waals surface area contributed by atoms with Crippen LogP contribution in [0.3, 0.4) is 0 Å². The monoisotopic (exact) mass is 332 g/mol. The molecular formula is C15H13BrN2O2. The average molecular weight is 333 g/mol. The van der Waals surface area contributed by atoms with Crippen molar-refractivity contribution in [2.75, 3.05) is 11.1 Å². The molecule has 0 aromatic heterocycles. The van der Waals surface area contributed by atoms with Crippen LogP contribution in [0.15, 0.2) is 40.9 Å². The maximum atomic E-state index is 11.3. The Bertz CT molecular complexity index is 686. The van der Waals surface area contributed by atoms with Crippen LogP contribution in [0, 0.1) is 0 Å². The SMILES string of the molecule is Nc1cc2c(cc1OCc1ccccc1Br)NC(=O)C2. The fraction of sp³-hybridized carbons (Fsp3) is 0.133. The van der Waals surface area contributed by atoms with E-state index < -0.39 is 0 Å². The van der Waals surface area contributed by atoms with Crippen molar-refractivity contribution in [2.45, 2.75) is 13.0 Å². The summed E-state index contributed by atoms with van der Waals surface area (Å²) in [6.07, 6.45) is 0.379. The fourth-order valence-electron chi connectivity index (χ4n) is 2.17. The van der Waals surface area contributed by atoms with Crippen LogP contribution in [0.2, 0.25) is 0 Å². The molecule has 1 aliphatic rings. The molecule has 5 heteroatoms. The van der Waals surface area contributed by atoms with E-state index in [9.17, 15) is 4.79 Å². The molecule has 2 aromatic carbocycles. The van der Waals surface area contributed by atoms with Gasteiger partial charge in [-0.15, -0.1) is 0 Å². The third-order valence-corrected chi connectivity index (χ3v) is 3.98. The van der Waals surface area contributed by atoms with E-state index in [1.165, 1.54) is 0 Å². The largest absolute Gasteiger partial charge is 0.487 e. The second-order valence-electron chi connectivity index (χ2n) is 4.65. The van der Waals surface area contributed by atoms with Gasteiger partial charge in [0.05, 0.1) is 12.1 Å². The highest BCUT2D eigenvalue weighted by molar-refractivity contribution is 9.10. The lowest BCUT2D eigenvalue weighted by molar-refractivity contribution is -0.115. The molecule has 0 spiro atoms. The van der Waals surface area contributed by atoms with E-state index >= 15 is 0 Å². The number of nitrogens with two attached hydrogens (primary N) is 1. The molecule has 3 rings (SSSR count). The summed E-state index contributed by atoms with van der Waals surface area (Å²) in [6, 6.07) is 11.4. The van der Waals surface area contributed by atoms with E-state index in [4.69, 9.17) is 10.5 Å². The minimum Gasteiger partial charge on any atom is -0.487 e. The van der Waals surface area contributed by atoms with Crippen molar-refractivity contribution in [1.29, 1.82) is 0 Å². The van der Waals surface area contributed by atoms with Crippen LogP contribution in [0.5, 0.6) is 5.75 Å². The number of ether oxygens (including phenoxy) is 1.